The van der Waals surface area contributed by atoms with Gasteiger partial charge in [0, 0.05) is 34.3 Å². The van der Waals surface area contributed by atoms with Crippen LogP contribution in [0.4, 0.5) is 0 Å². The summed E-state index contributed by atoms with van der Waals surface area (Å²) in [5.41, 5.74) is 3.29. The van der Waals surface area contributed by atoms with Crippen LogP contribution in [0.1, 0.15) is 61.8 Å². The van der Waals surface area contributed by atoms with E-state index in [1.807, 2.05) is 44.3 Å². The predicted octanol–water partition coefficient (Wildman–Crippen LogP) is 5.63. The van der Waals surface area contributed by atoms with Crippen LogP contribution in [0.5, 0.6) is 5.75 Å². The van der Waals surface area contributed by atoms with E-state index in [2.05, 4.69) is 4.98 Å². The smallest absolute Gasteiger partial charge is 0.295 e. The van der Waals surface area contributed by atoms with E-state index in [-0.39, 0.29) is 17.4 Å². The van der Waals surface area contributed by atoms with E-state index in [0.717, 1.165) is 59.9 Å². The van der Waals surface area contributed by atoms with E-state index in [0.29, 0.717) is 12.2 Å². The lowest BCUT2D eigenvalue weighted by molar-refractivity contribution is -0.141. The Morgan fingerprint density at radius 3 is 2.62 bits per heavy atom. The number of fused-ring (bicyclic) bond motifs is 1. The topological polar surface area (TPSA) is 82.6 Å². The van der Waals surface area contributed by atoms with Crippen LogP contribution in [0.3, 0.4) is 0 Å². The zero-order chi connectivity index (χ0) is 23.8. The summed E-state index contributed by atoms with van der Waals surface area (Å²) in [6.07, 6.45) is 6.82. The molecular weight excluding hydrogens is 428 g/mol. The highest BCUT2D eigenvalue weighted by molar-refractivity contribution is 6.46. The van der Waals surface area contributed by atoms with Gasteiger partial charge in [0.15, 0.2) is 0 Å². The zero-order valence-electron chi connectivity index (χ0n) is 19.6. The van der Waals surface area contributed by atoms with Gasteiger partial charge in [-0.1, -0.05) is 37.5 Å². The molecule has 2 heterocycles. The molecule has 1 aliphatic carbocycles. The third kappa shape index (κ3) is 3.67. The monoisotopic (exact) mass is 458 g/mol. The maximum absolute atomic E-state index is 13.4. The molecule has 5 rings (SSSR count). The fourth-order valence-corrected chi connectivity index (χ4v) is 5.48. The molecule has 176 valence electrons. The number of aromatic nitrogens is 1. The SMILES string of the molecule is CCOc1ccc(/C(O)=C2\C(=O)C(=O)N(C3CCCCC3)C2c2c[nH]c3ccccc23)cc1C. The van der Waals surface area contributed by atoms with Crippen LogP contribution in [0.2, 0.25) is 0 Å². The predicted molar refractivity (Wildman–Crippen MR) is 132 cm³/mol. The van der Waals surface area contributed by atoms with E-state index >= 15 is 0 Å². The number of carbonyl (C=O) groups excluding carboxylic acids is 2. The number of carbonyl (C=O) groups is 2. The van der Waals surface area contributed by atoms with Crippen LogP contribution >= 0.6 is 0 Å². The van der Waals surface area contributed by atoms with Gasteiger partial charge in [-0.15, -0.1) is 0 Å². The number of ether oxygens (including phenoxy) is 1. The molecule has 1 saturated carbocycles. The van der Waals surface area contributed by atoms with Crippen molar-refractivity contribution in [1.82, 2.24) is 9.88 Å². The molecule has 3 aromatic rings. The first-order valence-corrected chi connectivity index (χ1v) is 12.1. The summed E-state index contributed by atoms with van der Waals surface area (Å²) in [5, 5.41) is 12.4. The minimum atomic E-state index is -0.633. The lowest BCUT2D eigenvalue weighted by Crippen LogP contribution is -2.40. The number of nitrogens with one attached hydrogen (secondary N) is 1. The summed E-state index contributed by atoms with van der Waals surface area (Å²) >= 11 is 0. The average Bonchev–Trinajstić information content (AvgIpc) is 3.39. The number of hydrogen-bond acceptors (Lipinski definition) is 4. The second kappa shape index (κ2) is 9.01. The van der Waals surface area contributed by atoms with Crippen molar-refractivity contribution in [2.45, 2.75) is 58.0 Å². The molecule has 1 amide bonds. The average molecular weight is 459 g/mol. The Morgan fingerprint density at radius 2 is 1.88 bits per heavy atom. The second-order valence-electron chi connectivity index (χ2n) is 9.20. The van der Waals surface area contributed by atoms with Crippen LogP contribution in [-0.2, 0) is 9.59 Å². The fraction of sp³-hybridized carbons (Fsp3) is 0.357. The molecule has 34 heavy (non-hydrogen) atoms. The van der Waals surface area contributed by atoms with Gasteiger partial charge in [0.25, 0.3) is 11.7 Å². The maximum atomic E-state index is 13.4. The first kappa shape index (κ1) is 22.3. The molecule has 2 aromatic carbocycles. The van der Waals surface area contributed by atoms with E-state index in [4.69, 9.17) is 4.74 Å². The Kier molecular flexibility index (Phi) is 5.90. The number of aryl methyl sites for hydroxylation is 1. The number of para-hydroxylation sites is 1. The van der Waals surface area contributed by atoms with Crippen molar-refractivity contribution in [3.63, 3.8) is 0 Å². The largest absolute Gasteiger partial charge is 0.507 e. The van der Waals surface area contributed by atoms with Gasteiger partial charge in [0.05, 0.1) is 18.2 Å². The van der Waals surface area contributed by atoms with Gasteiger partial charge in [0.1, 0.15) is 11.5 Å². The van der Waals surface area contributed by atoms with Gasteiger partial charge < -0.3 is 19.7 Å². The number of aromatic amines is 1. The van der Waals surface area contributed by atoms with E-state index in [1.165, 1.54) is 0 Å². The number of Topliss-reactive ketones (excluding diaryl/α,β-unsaturated/α-hetero) is 1. The third-order valence-corrected chi connectivity index (χ3v) is 7.11. The molecule has 1 aliphatic heterocycles. The second-order valence-corrected chi connectivity index (χ2v) is 9.20. The molecular formula is C28H30N2O4. The number of aliphatic hydroxyl groups is 1. The Morgan fingerprint density at radius 1 is 1.12 bits per heavy atom. The minimum absolute atomic E-state index is 0.0174. The fourth-order valence-electron chi connectivity index (χ4n) is 5.48. The minimum Gasteiger partial charge on any atom is -0.507 e. The number of amides is 1. The van der Waals surface area contributed by atoms with E-state index in [9.17, 15) is 14.7 Å². The molecule has 1 atom stereocenters. The van der Waals surface area contributed by atoms with Crippen LogP contribution in [0, 0.1) is 6.92 Å². The molecule has 0 radical (unpaired) electrons. The number of hydrogen-bond donors (Lipinski definition) is 2. The highest BCUT2D eigenvalue weighted by atomic mass is 16.5. The van der Waals surface area contributed by atoms with E-state index in [1.54, 1.807) is 23.1 Å². The summed E-state index contributed by atoms with van der Waals surface area (Å²) < 4.78 is 5.63. The van der Waals surface area contributed by atoms with Gasteiger partial charge in [-0.3, -0.25) is 9.59 Å². The van der Waals surface area contributed by atoms with Crippen LogP contribution in [0.25, 0.3) is 16.7 Å². The lowest BCUT2D eigenvalue weighted by atomic mass is 9.90. The molecule has 1 saturated heterocycles. The van der Waals surface area contributed by atoms with Gasteiger partial charge in [-0.25, -0.2) is 0 Å². The number of ketones is 1. The van der Waals surface area contributed by atoms with Crippen molar-refractivity contribution in [1.29, 1.82) is 0 Å². The zero-order valence-corrected chi connectivity index (χ0v) is 19.6. The lowest BCUT2D eigenvalue weighted by Gasteiger charge is -2.35. The Bertz CT molecular complexity index is 1280. The number of nitrogens with zero attached hydrogens (tertiary/aromatic N) is 1. The molecule has 6 heteroatoms. The third-order valence-electron chi connectivity index (χ3n) is 7.11. The first-order valence-electron chi connectivity index (χ1n) is 12.1. The summed E-state index contributed by atoms with van der Waals surface area (Å²) in [6, 6.07) is 12.6. The van der Waals surface area contributed by atoms with Crippen molar-refractivity contribution in [2.75, 3.05) is 6.61 Å². The maximum Gasteiger partial charge on any atom is 0.295 e. The summed E-state index contributed by atoms with van der Waals surface area (Å²) in [7, 11) is 0. The number of H-pyrrole nitrogens is 1. The molecule has 2 fully saturated rings. The van der Waals surface area contributed by atoms with Crippen molar-refractivity contribution >= 4 is 28.4 Å². The number of benzene rings is 2. The summed E-state index contributed by atoms with van der Waals surface area (Å²) in [6.45, 7) is 4.36. The molecule has 0 bridgehead atoms. The first-order chi connectivity index (χ1) is 16.5. The summed E-state index contributed by atoms with van der Waals surface area (Å²) in [4.78, 5) is 31.8. The van der Waals surface area contributed by atoms with Gasteiger partial charge >= 0.3 is 0 Å². The molecule has 1 aromatic heterocycles. The number of likely N-dealkylation sites (tertiary alicyclic amines) is 1. The molecule has 1 unspecified atom stereocenters. The molecule has 2 N–H and O–H groups in total. The molecule has 6 nitrogen and oxygen atoms in total. The van der Waals surface area contributed by atoms with Crippen molar-refractivity contribution in [3.05, 3.63) is 70.9 Å². The normalized spacial score (nSPS) is 20.9. The Balaban J connectivity index is 1.68. The van der Waals surface area contributed by atoms with Crippen LogP contribution in [-0.4, -0.2) is 39.3 Å². The quantitative estimate of drug-likeness (QED) is 0.295. The molecule has 0 spiro atoms. The molecule has 2 aliphatic rings. The Labute approximate surface area is 199 Å². The van der Waals surface area contributed by atoms with Crippen LogP contribution in [0.15, 0.2) is 54.2 Å². The Hall–Kier alpha value is -3.54. The number of rotatable bonds is 5. The summed E-state index contributed by atoms with van der Waals surface area (Å²) in [5.74, 6) is -0.552. The van der Waals surface area contributed by atoms with Gasteiger partial charge in [-0.05, 0) is 56.5 Å². The van der Waals surface area contributed by atoms with Crippen molar-refractivity contribution in [3.8, 4) is 5.75 Å². The van der Waals surface area contributed by atoms with Gasteiger partial charge in [-0.2, -0.15) is 0 Å². The van der Waals surface area contributed by atoms with E-state index < -0.39 is 17.7 Å². The van der Waals surface area contributed by atoms with Crippen molar-refractivity contribution in [2.24, 2.45) is 0 Å². The van der Waals surface area contributed by atoms with Crippen LogP contribution < -0.4 is 4.74 Å². The highest BCUT2D eigenvalue weighted by Crippen LogP contribution is 2.45. The van der Waals surface area contributed by atoms with Gasteiger partial charge in [0.2, 0.25) is 0 Å². The highest BCUT2D eigenvalue weighted by Gasteiger charge is 2.49. The standard InChI is InChI=1S/C28H30N2O4/c1-3-34-23-14-13-18(15-17(23)2)26(31)24-25(21-16-29-22-12-8-7-11-20(21)22)30(28(33)27(24)32)19-9-5-4-6-10-19/h7-8,11-16,19,25,29,31H,3-6,9-10H2,1-2H3/b26-24+. The number of aliphatic hydroxyl groups excluding tert-OH is 1. The van der Waals surface area contributed by atoms with Crippen molar-refractivity contribution < 1.29 is 19.4 Å².